The molecular formula is C10H11BrO3. The van der Waals surface area contributed by atoms with E-state index in [1.807, 2.05) is 6.08 Å². The number of methoxy groups -OCH3 is 1. The van der Waals surface area contributed by atoms with Crippen LogP contribution in [0.4, 0.5) is 0 Å². The van der Waals surface area contributed by atoms with Gasteiger partial charge >= 0.3 is 0 Å². The molecule has 0 N–H and O–H groups in total. The normalized spacial score (nSPS) is 38.8. The van der Waals surface area contributed by atoms with Crippen molar-refractivity contribution in [2.45, 2.75) is 24.2 Å². The number of ether oxygens (including phenoxy) is 3. The lowest BCUT2D eigenvalue weighted by molar-refractivity contribution is -0.116. The summed E-state index contributed by atoms with van der Waals surface area (Å²) in [6.07, 6.45) is 8.05. The van der Waals surface area contributed by atoms with Crippen LogP contribution in [0, 0.1) is 12.3 Å². The Bertz CT molecular complexity index is 307. The zero-order valence-corrected chi connectivity index (χ0v) is 9.41. The molecule has 0 spiro atoms. The van der Waals surface area contributed by atoms with Gasteiger partial charge in [-0.2, -0.15) is 0 Å². The first-order valence-corrected chi connectivity index (χ1v) is 5.13. The Balaban J connectivity index is 2.14. The average molecular weight is 259 g/mol. The quantitative estimate of drug-likeness (QED) is 0.434. The van der Waals surface area contributed by atoms with Crippen molar-refractivity contribution in [3.8, 4) is 12.3 Å². The molecule has 0 aromatic heterocycles. The highest BCUT2D eigenvalue weighted by molar-refractivity contribution is 9.11. The van der Waals surface area contributed by atoms with Crippen LogP contribution in [0.5, 0.6) is 0 Å². The van der Waals surface area contributed by atoms with Crippen molar-refractivity contribution >= 4 is 15.9 Å². The molecule has 3 nitrogen and oxygen atoms in total. The van der Waals surface area contributed by atoms with Gasteiger partial charge in [0.15, 0.2) is 0 Å². The van der Waals surface area contributed by atoms with Crippen molar-refractivity contribution in [2.75, 3.05) is 13.9 Å². The molecule has 3 atom stereocenters. The van der Waals surface area contributed by atoms with Crippen molar-refractivity contribution in [1.82, 2.24) is 0 Å². The van der Waals surface area contributed by atoms with Crippen LogP contribution in [0.3, 0.4) is 0 Å². The second-order valence-electron chi connectivity index (χ2n) is 3.36. The Morgan fingerprint density at radius 1 is 1.79 bits per heavy atom. The van der Waals surface area contributed by atoms with Gasteiger partial charge < -0.3 is 14.2 Å². The van der Waals surface area contributed by atoms with E-state index in [4.69, 9.17) is 20.6 Å². The number of hydrogen-bond donors (Lipinski definition) is 0. The van der Waals surface area contributed by atoms with Gasteiger partial charge in [-0.05, 0) is 6.08 Å². The third-order valence-electron chi connectivity index (χ3n) is 2.50. The van der Waals surface area contributed by atoms with Crippen LogP contribution in [0.25, 0.3) is 0 Å². The van der Waals surface area contributed by atoms with E-state index in [-0.39, 0.29) is 19.0 Å². The van der Waals surface area contributed by atoms with E-state index in [1.54, 1.807) is 7.11 Å². The lowest BCUT2D eigenvalue weighted by atomic mass is 9.99. The van der Waals surface area contributed by atoms with Gasteiger partial charge in [-0.25, -0.2) is 0 Å². The fraction of sp³-hybridized carbons (Fsp3) is 0.600. The van der Waals surface area contributed by atoms with Gasteiger partial charge in [0.25, 0.3) is 0 Å². The molecule has 0 bridgehead atoms. The Labute approximate surface area is 91.5 Å². The Kier molecular flexibility index (Phi) is 2.67. The molecule has 2 rings (SSSR count). The highest BCUT2D eigenvalue weighted by atomic mass is 79.9. The third kappa shape index (κ3) is 1.41. The largest absolute Gasteiger partial charge is 0.362 e. The van der Waals surface area contributed by atoms with Crippen LogP contribution in [-0.4, -0.2) is 31.7 Å². The van der Waals surface area contributed by atoms with Gasteiger partial charge in [-0.15, -0.1) is 12.3 Å². The van der Waals surface area contributed by atoms with E-state index in [0.717, 1.165) is 4.48 Å². The summed E-state index contributed by atoms with van der Waals surface area (Å²) >= 11 is 3.47. The van der Waals surface area contributed by atoms with E-state index in [1.165, 1.54) is 0 Å². The maximum absolute atomic E-state index is 5.64. The molecule has 1 aliphatic heterocycles. The van der Waals surface area contributed by atoms with Gasteiger partial charge in [0.2, 0.25) is 0 Å². The number of terminal acetylenes is 1. The van der Waals surface area contributed by atoms with Crippen LogP contribution in [0.2, 0.25) is 0 Å². The standard InChI is InChI=1S/C10H11BrO3/c1-3-4-10(13-6-12-2)8(11)5-7-9(10)14-7/h1,5,7,9H,4,6H2,2H3/t7-,9-,10+/m0/s1. The highest BCUT2D eigenvalue weighted by Gasteiger charge is 2.61. The molecule has 76 valence electrons. The first-order valence-electron chi connectivity index (χ1n) is 4.34. The molecule has 2 aliphatic rings. The van der Waals surface area contributed by atoms with Gasteiger partial charge in [0.1, 0.15) is 24.6 Å². The molecular weight excluding hydrogens is 248 g/mol. The monoisotopic (exact) mass is 258 g/mol. The second kappa shape index (κ2) is 3.67. The minimum absolute atomic E-state index is 0.0584. The van der Waals surface area contributed by atoms with Crippen LogP contribution in [0.15, 0.2) is 10.6 Å². The van der Waals surface area contributed by atoms with Crippen molar-refractivity contribution in [3.63, 3.8) is 0 Å². The highest BCUT2D eigenvalue weighted by Crippen LogP contribution is 2.51. The second-order valence-corrected chi connectivity index (χ2v) is 4.21. The maximum atomic E-state index is 5.64. The zero-order valence-electron chi connectivity index (χ0n) is 7.83. The molecule has 0 unspecified atom stereocenters. The minimum Gasteiger partial charge on any atom is -0.362 e. The summed E-state index contributed by atoms with van der Waals surface area (Å²) in [5.74, 6) is 2.62. The number of epoxide rings is 1. The maximum Gasteiger partial charge on any atom is 0.147 e. The number of rotatable bonds is 4. The predicted octanol–water partition coefficient (Wildman–Crippen LogP) is 1.43. The molecule has 0 aromatic rings. The average Bonchev–Trinajstić information content (AvgIpc) is 2.87. The summed E-state index contributed by atoms with van der Waals surface area (Å²) in [5.41, 5.74) is -0.518. The summed E-state index contributed by atoms with van der Waals surface area (Å²) in [7, 11) is 1.58. The van der Waals surface area contributed by atoms with Gasteiger partial charge in [-0.3, -0.25) is 0 Å². The van der Waals surface area contributed by atoms with E-state index in [0.29, 0.717) is 6.42 Å². The van der Waals surface area contributed by atoms with Crippen LogP contribution < -0.4 is 0 Å². The Hall–Kier alpha value is -0.340. The van der Waals surface area contributed by atoms with E-state index >= 15 is 0 Å². The zero-order chi connectivity index (χ0) is 10.2. The van der Waals surface area contributed by atoms with Crippen molar-refractivity contribution in [2.24, 2.45) is 0 Å². The SMILES string of the molecule is C#CC[C@@]1(OCOC)C(Br)=C[C@@H]2O[C@@H]21. The molecule has 1 heterocycles. The molecule has 0 aromatic carbocycles. The number of halogens is 1. The summed E-state index contributed by atoms with van der Waals surface area (Å²) in [6.45, 7) is 0.219. The van der Waals surface area contributed by atoms with E-state index in [9.17, 15) is 0 Å². The van der Waals surface area contributed by atoms with Crippen molar-refractivity contribution in [1.29, 1.82) is 0 Å². The van der Waals surface area contributed by atoms with E-state index in [2.05, 4.69) is 21.9 Å². The van der Waals surface area contributed by atoms with Crippen molar-refractivity contribution < 1.29 is 14.2 Å². The van der Waals surface area contributed by atoms with Gasteiger partial charge in [-0.1, -0.05) is 15.9 Å². The molecule has 14 heavy (non-hydrogen) atoms. The number of hydrogen-bond acceptors (Lipinski definition) is 3. The van der Waals surface area contributed by atoms with E-state index < -0.39 is 5.60 Å². The number of fused-ring (bicyclic) bond motifs is 1. The predicted molar refractivity (Wildman–Crippen MR) is 54.8 cm³/mol. The molecule has 0 amide bonds. The van der Waals surface area contributed by atoms with Crippen molar-refractivity contribution in [3.05, 3.63) is 10.6 Å². The lowest BCUT2D eigenvalue weighted by Gasteiger charge is -2.28. The van der Waals surface area contributed by atoms with Crippen LogP contribution in [-0.2, 0) is 14.2 Å². The molecule has 0 saturated carbocycles. The molecule has 4 heteroatoms. The topological polar surface area (TPSA) is 31.0 Å². The van der Waals surface area contributed by atoms with Gasteiger partial charge in [0, 0.05) is 18.0 Å². The summed E-state index contributed by atoms with van der Waals surface area (Å²) < 4.78 is 16.9. The van der Waals surface area contributed by atoms with Gasteiger partial charge in [0.05, 0.1) is 0 Å². The summed E-state index contributed by atoms with van der Waals surface area (Å²) in [5, 5.41) is 0. The van der Waals surface area contributed by atoms with Crippen LogP contribution >= 0.6 is 15.9 Å². The third-order valence-corrected chi connectivity index (χ3v) is 3.43. The fourth-order valence-corrected chi connectivity index (χ4v) is 2.49. The first kappa shape index (κ1) is 10.2. The summed E-state index contributed by atoms with van der Waals surface area (Å²) in [6, 6.07) is 0. The Morgan fingerprint density at radius 2 is 2.57 bits per heavy atom. The Morgan fingerprint density at radius 3 is 3.07 bits per heavy atom. The molecule has 1 fully saturated rings. The minimum atomic E-state index is -0.518. The first-order chi connectivity index (χ1) is 6.74. The summed E-state index contributed by atoms with van der Waals surface area (Å²) in [4.78, 5) is 0. The lowest BCUT2D eigenvalue weighted by Crippen LogP contribution is -2.38. The molecule has 0 radical (unpaired) electrons. The molecule has 1 saturated heterocycles. The smallest absolute Gasteiger partial charge is 0.147 e. The molecule has 1 aliphatic carbocycles. The van der Waals surface area contributed by atoms with Crippen LogP contribution in [0.1, 0.15) is 6.42 Å². The fourth-order valence-electron chi connectivity index (χ4n) is 1.75.